The molecule has 0 amide bonds. The van der Waals surface area contributed by atoms with E-state index in [-0.39, 0.29) is 0 Å². The van der Waals surface area contributed by atoms with Crippen LogP contribution in [0.4, 0.5) is 0 Å². The molecule has 1 saturated carbocycles. The molecule has 4 nitrogen and oxygen atoms in total. The monoisotopic (exact) mass is 289 g/mol. The van der Waals surface area contributed by atoms with Gasteiger partial charge in [0, 0.05) is 32.2 Å². The highest BCUT2D eigenvalue weighted by Gasteiger charge is 2.37. The van der Waals surface area contributed by atoms with Crippen molar-refractivity contribution in [2.24, 2.45) is 10.9 Å². The quantitative estimate of drug-likeness (QED) is 0.646. The number of benzene rings is 1. The summed E-state index contributed by atoms with van der Waals surface area (Å²) in [6.45, 7) is 3.03. The molecule has 1 aromatic rings. The van der Waals surface area contributed by atoms with E-state index in [1.807, 2.05) is 25.2 Å². The van der Waals surface area contributed by atoms with Crippen LogP contribution in [0, 0.1) is 5.92 Å². The van der Waals surface area contributed by atoms with Gasteiger partial charge in [-0.25, -0.2) is 0 Å². The van der Waals surface area contributed by atoms with E-state index < -0.39 is 0 Å². The van der Waals surface area contributed by atoms with Crippen LogP contribution in [-0.4, -0.2) is 38.1 Å². The highest BCUT2D eigenvalue weighted by Crippen LogP contribution is 2.34. The molecule has 0 aromatic heterocycles. The molecule has 0 saturated heterocycles. The van der Waals surface area contributed by atoms with E-state index in [4.69, 9.17) is 4.74 Å². The molecule has 2 atom stereocenters. The Kier molecular flexibility index (Phi) is 5.48. The molecule has 1 fully saturated rings. The van der Waals surface area contributed by atoms with Gasteiger partial charge >= 0.3 is 0 Å². The second-order valence-corrected chi connectivity index (χ2v) is 5.75. The maximum absolute atomic E-state index is 5.42. The zero-order chi connectivity index (χ0) is 15.2. The van der Waals surface area contributed by atoms with Crippen molar-refractivity contribution in [3.8, 4) is 5.75 Å². The highest BCUT2D eigenvalue weighted by atomic mass is 16.5. The number of aliphatic imine (C=N–C) groups is 1. The number of rotatable bonds is 6. The van der Waals surface area contributed by atoms with Gasteiger partial charge in [0.1, 0.15) is 5.75 Å². The van der Waals surface area contributed by atoms with Crippen molar-refractivity contribution in [1.29, 1.82) is 0 Å². The molecule has 1 N–H and O–H groups in total. The number of guanidine groups is 1. The van der Waals surface area contributed by atoms with E-state index in [0.29, 0.717) is 6.04 Å². The van der Waals surface area contributed by atoms with Gasteiger partial charge in [0.05, 0.1) is 7.11 Å². The second-order valence-electron chi connectivity index (χ2n) is 5.75. The Balaban J connectivity index is 1.93. The van der Waals surface area contributed by atoms with Crippen LogP contribution < -0.4 is 10.1 Å². The summed E-state index contributed by atoms with van der Waals surface area (Å²) in [5.41, 5.74) is 1.17. The highest BCUT2D eigenvalue weighted by molar-refractivity contribution is 5.80. The van der Waals surface area contributed by atoms with Crippen molar-refractivity contribution in [3.63, 3.8) is 0 Å². The predicted octanol–water partition coefficient (Wildman–Crippen LogP) is 2.89. The lowest BCUT2D eigenvalue weighted by molar-refractivity contribution is 0.395. The zero-order valence-corrected chi connectivity index (χ0v) is 13.6. The number of ether oxygens (including phenoxy) is 1. The molecule has 4 heteroatoms. The average molecular weight is 289 g/mol. The van der Waals surface area contributed by atoms with Crippen molar-refractivity contribution < 1.29 is 4.74 Å². The van der Waals surface area contributed by atoms with Gasteiger partial charge in [-0.15, -0.1) is 0 Å². The van der Waals surface area contributed by atoms with E-state index in [2.05, 4.69) is 35.2 Å². The first-order valence-corrected chi connectivity index (χ1v) is 7.76. The summed E-state index contributed by atoms with van der Waals surface area (Å²) in [6, 6.07) is 8.73. The summed E-state index contributed by atoms with van der Waals surface area (Å²) in [7, 11) is 5.63. The zero-order valence-electron chi connectivity index (χ0n) is 13.6. The van der Waals surface area contributed by atoms with Crippen LogP contribution in [0.1, 0.15) is 31.7 Å². The van der Waals surface area contributed by atoms with Gasteiger partial charge in [-0.1, -0.05) is 31.5 Å². The molecule has 1 aliphatic rings. The molecule has 2 unspecified atom stereocenters. The fourth-order valence-corrected chi connectivity index (χ4v) is 2.79. The van der Waals surface area contributed by atoms with Crippen molar-refractivity contribution >= 4 is 5.96 Å². The summed E-state index contributed by atoms with van der Waals surface area (Å²) in [4.78, 5) is 6.56. The Morgan fingerprint density at radius 2 is 2.19 bits per heavy atom. The standard InChI is InChI=1S/C17H27N3O/c1-5-8-13-11-15(13)19-17(18-2)20(3)12-14-9-6-7-10-16(14)21-4/h6-7,9-10,13,15H,5,8,11-12H2,1-4H3,(H,18,19). The number of para-hydroxylation sites is 1. The van der Waals surface area contributed by atoms with Crippen molar-refractivity contribution in [2.75, 3.05) is 21.2 Å². The van der Waals surface area contributed by atoms with E-state index in [0.717, 1.165) is 24.2 Å². The molecule has 0 bridgehead atoms. The van der Waals surface area contributed by atoms with Crippen LogP contribution in [-0.2, 0) is 6.54 Å². The normalized spacial score (nSPS) is 21.0. The van der Waals surface area contributed by atoms with E-state index in [1.54, 1.807) is 7.11 Å². The molecular formula is C17H27N3O. The first kappa shape index (κ1) is 15.7. The number of nitrogens with one attached hydrogen (secondary N) is 1. The lowest BCUT2D eigenvalue weighted by Crippen LogP contribution is -2.40. The molecule has 1 aliphatic carbocycles. The van der Waals surface area contributed by atoms with Gasteiger partial charge in [0.15, 0.2) is 5.96 Å². The molecule has 21 heavy (non-hydrogen) atoms. The Bertz CT molecular complexity index is 487. The summed E-state index contributed by atoms with van der Waals surface area (Å²) in [6.07, 6.45) is 3.85. The molecule has 116 valence electrons. The molecular weight excluding hydrogens is 262 g/mol. The minimum absolute atomic E-state index is 0.601. The molecule has 0 spiro atoms. The SMILES string of the molecule is CCCC1CC1NC(=NC)N(C)Cc1ccccc1OC. The van der Waals surface area contributed by atoms with Gasteiger partial charge in [0.2, 0.25) is 0 Å². The average Bonchev–Trinajstić information content (AvgIpc) is 3.23. The first-order chi connectivity index (χ1) is 10.2. The summed E-state index contributed by atoms with van der Waals surface area (Å²) >= 11 is 0. The lowest BCUT2D eigenvalue weighted by atomic mass is 10.2. The van der Waals surface area contributed by atoms with Crippen molar-refractivity contribution in [3.05, 3.63) is 29.8 Å². The minimum atomic E-state index is 0.601. The Hall–Kier alpha value is -1.71. The van der Waals surface area contributed by atoms with E-state index >= 15 is 0 Å². The minimum Gasteiger partial charge on any atom is -0.496 e. The second kappa shape index (κ2) is 7.34. The van der Waals surface area contributed by atoms with Crippen LogP contribution in [0.5, 0.6) is 5.75 Å². The third-order valence-electron chi connectivity index (χ3n) is 4.07. The van der Waals surface area contributed by atoms with Crippen LogP contribution in [0.3, 0.4) is 0 Å². The lowest BCUT2D eigenvalue weighted by Gasteiger charge is -2.23. The maximum atomic E-state index is 5.42. The first-order valence-electron chi connectivity index (χ1n) is 7.76. The van der Waals surface area contributed by atoms with Gasteiger partial charge in [-0.3, -0.25) is 4.99 Å². The smallest absolute Gasteiger partial charge is 0.193 e. The summed E-state index contributed by atoms with van der Waals surface area (Å²) in [5.74, 6) is 2.71. The third kappa shape index (κ3) is 4.13. The maximum Gasteiger partial charge on any atom is 0.193 e. The van der Waals surface area contributed by atoms with E-state index in [1.165, 1.54) is 24.8 Å². The Morgan fingerprint density at radius 3 is 2.86 bits per heavy atom. The summed E-state index contributed by atoms with van der Waals surface area (Å²) in [5, 5.41) is 3.57. The largest absolute Gasteiger partial charge is 0.496 e. The van der Waals surface area contributed by atoms with Crippen LogP contribution >= 0.6 is 0 Å². The van der Waals surface area contributed by atoms with Gasteiger partial charge in [-0.05, 0) is 24.8 Å². The Morgan fingerprint density at radius 1 is 1.43 bits per heavy atom. The summed E-state index contributed by atoms with van der Waals surface area (Å²) < 4.78 is 5.42. The number of hydrogen-bond donors (Lipinski definition) is 1. The molecule has 0 heterocycles. The third-order valence-corrected chi connectivity index (χ3v) is 4.07. The Labute approximate surface area is 128 Å². The molecule has 1 aromatic carbocycles. The number of nitrogens with zero attached hydrogens (tertiary/aromatic N) is 2. The van der Waals surface area contributed by atoms with Gasteiger partial charge < -0.3 is 15.0 Å². The van der Waals surface area contributed by atoms with E-state index in [9.17, 15) is 0 Å². The van der Waals surface area contributed by atoms with Crippen molar-refractivity contribution in [2.45, 2.75) is 38.8 Å². The van der Waals surface area contributed by atoms with Crippen LogP contribution in [0.2, 0.25) is 0 Å². The molecule has 0 aliphatic heterocycles. The van der Waals surface area contributed by atoms with Crippen LogP contribution in [0.15, 0.2) is 29.3 Å². The molecule has 0 radical (unpaired) electrons. The van der Waals surface area contributed by atoms with Gasteiger partial charge in [0.25, 0.3) is 0 Å². The molecule has 2 rings (SSSR count). The number of methoxy groups -OCH3 is 1. The fourth-order valence-electron chi connectivity index (χ4n) is 2.79. The van der Waals surface area contributed by atoms with Crippen molar-refractivity contribution in [1.82, 2.24) is 10.2 Å². The van der Waals surface area contributed by atoms with Crippen LogP contribution in [0.25, 0.3) is 0 Å². The van der Waals surface area contributed by atoms with Gasteiger partial charge in [-0.2, -0.15) is 0 Å². The number of hydrogen-bond acceptors (Lipinski definition) is 2. The fraction of sp³-hybridized carbons (Fsp3) is 0.588. The predicted molar refractivity (Wildman–Crippen MR) is 87.8 cm³/mol. The topological polar surface area (TPSA) is 36.9 Å².